The third kappa shape index (κ3) is 4.35. The average Bonchev–Trinajstić information content (AvgIpc) is 3.15. The van der Waals surface area contributed by atoms with Crippen LogP contribution in [0.1, 0.15) is 43.1 Å². The highest BCUT2D eigenvalue weighted by Crippen LogP contribution is 2.37. The zero-order valence-corrected chi connectivity index (χ0v) is 18.3. The Labute approximate surface area is 178 Å². The predicted octanol–water partition coefficient (Wildman–Crippen LogP) is 4.21. The number of nitrogens with zero attached hydrogens (tertiary/aromatic N) is 3. The molecule has 1 amide bonds. The Hall–Kier alpha value is -3.20. The molecule has 0 fully saturated rings. The third-order valence-electron chi connectivity index (χ3n) is 4.43. The number of thiazole rings is 1. The van der Waals surface area contributed by atoms with Gasteiger partial charge in [-0.05, 0) is 38.5 Å². The first-order valence-electron chi connectivity index (χ1n) is 9.36. The number of amidine groups is 1. The normalized spacial score (nSPS) is 16.2. The molecule has 1 aliphatic rings. The van der Waals surface area contributed by atoms with Crippen LogP contribution in [0.25, 0.3) is 0 Å². The van der Waals surface area contributed by atoms with E-state index < -0.39 is 12.2 Å². The summed E-state index contributed by atoms with van der Waals surface area (Å²) in [4.78, 5) is 35.3. The van der Waals surface area contributed by atoms with Crippen LogP contribution in [0.15, 0.2) is 46.1 Å². The maximum Gasteiger partial charge on any atom is 0.513 e. The summed E-state index contributed by atoms with van der Waals surface area (Å²) in [5.74, 6) is 0.975. The highest BCUT2D eigenvalue weighted by molar-refractivity contribution is 7.09. The molecule has 0 saturated heterocycles. The van der Waals surface area contributed by atoms with Crippen molar-refractivity contribution in [3.05, 3.63) is 57.4 Å². The van der Waals surface area contributed by atoms with Gasteiger partial charge in [-0.25, -0.2) is 14.8 Å². The van der Waals surface area contributed by atoms with Crippen LogP contribution in [0.2, 0.25) is 0 Å². The first-order valence-corrected chi connectivity index (χ1v) is 10.2. The summed E-state index contributed by atoms with van der Waals surface area (Å²) < 4.78 is 15.8. The number of ether oxygens (including phenoxy) is 3. The fourth-order valence-electron chi connectivity index (χ4n) is 3.14. The molecule has 0 bridgehead atoms. The summed E-state index contributed by atoms with van der Waals surface area (Å²) in [5, 5.41) is 2.70. The molecular formula is C21H23N3O5S. The molecule has 0 spiro atoms. The van der Waals surface area contributed by atoms with Crippen LogP contribution in [-0.4, -0.2) is 41.5 Å². The van der Waals surface area contributed by atoms with Gasteiger partial charge < -0.3 is 14.2 Å². The summed E-state index contributed by atoms with van der Waals surface area (Å²) in [6.45, 7) is 6.86. The van der Waals surface area contributed by atoms with Crippen LogP contribution in [0.3, 0.4) is 0 Å². The molecule has 1 aromatic heterocycles. The van der Waals surface area contributed by atoms with Crippen molar-refractivity contribution in [2.75, 3.05) is 13.7 Å². The number of amides is 1. The Morgan fingerprint density at radius 2 is 2.03 bits per heavy atom. The van der Waals surface area contributed by atoms with Crippen LogP contribution in [0.4, 0.5) is 4.79 Å². The lowest BCUT2D eigenvalue weighted by molar-refractivity contribution is -0.124. The lowest BCUT2D eigenvalue weighted by Crippen LogP contribution is -2.39. The highest BCUT2D eigenvalue weighted by atomic mass is 32.1. The Balaban J connectivity index is 2.17. The lowest BCUT2D eigenvalue weighted by atomic mass is 10.0. The zero-order chi connectivity index (χ0) is 21.8. The number of aryl methyl sites for hydroxylation is 1. The molecule has 0 N–H and O–H groups in total. The summed E-state index contributed by atoms with van der Waals surface area (Å²) in [6, 6.07) is 6.61. The second kappa shape index (κ2) is 9.08. The van der Waals surface area contributed by atoms with Crippen molar-refractivity contribution in [1.29, 1.82) is 0 Å². The monoisotopic (exact) mass is 429 g/mol. The van der Waals surface area contributed by atoms with Gasteiger partial charge in [-0.3, -0.25) is 9.69 Å². The number of allylic oxidation sites excluding steroid dienone is 1. The van der Waals surface area contributed by atoms with Gasteiger partial charge in [0.1, 0.15) is 17.5 Å². The molecule has 3 rings (SSSR count). The van der Waals surface area contributed by atoms with Gasteiger partial charge in [0, 0.05) is 12.3 Å². The fraction of sp³-hybridized carbons (Fsp3) is 0.333. The van der Waals surface area contributed by atoms with E-state index in [9.17, 15) is 9.59 Å². The van der Waals surface area contributed by atoms with E-state index in [1.165, 1.54) is 23.2 Å². The smallest absolute Gasteiger partial charge is 0.497 e. The van der Waals surface area contributed by atoms with Crippen LogP contribution < -0.4 is 4.74 Å². The van der Waals surface area contributed by atoms with Gasteiger partial charge in [0.2, 0.25) is 5.91 Å². The van der Waals surface area contributed by atoms with Gasteiger partial charge in [0.15, 0.2) is 11.6 Å². The van der Waals surface area contributed by atoms with Crippen LogP contribution >= 0.6 is 11.3 Å². The molecule has 30 heavy (non-hydrogen) atoms. The quantitative estimate of drug-likeness (QED) is 0.661. The van der Waals surface area contributed by atoms with Gasteiger partial charge >= 0.3 is 6.16 Å². The number of carbonyl (C=O) groups is 2. The number of hydrogen-bond acceptors (Lipinski definition) is 8. The van der Waals surface area contributed by atoms with Gasteiger partial charge in [0.05, 0.1) is 24.4 Å². The molecule has 0 radical (unpaired) electrons. The number of rotatable bonds is 5. The summed E-state index contributed by atoms with van der Waals surface area (Å²) in [6.07, 6.45) is -0.855. The van der Waals surface area contributed by atoms with Crippen molar-refractivity contribution in [1.82, 2.24) is 9.88 Å². The SMILES string of the molecule is CCOC(=O)OC1=C(C)N(C(C)=O)C(c2csc(C)n2)=NC1c1cccc(OC)c1. The van der Waals surface area contributed by atoms with Gasteiger partial charge in [-0.1, -0.05) is 12.1 Å². The molecule has 1 aromatic carbocycles. The maximum absolute atomic E-state index is 12.5. The largest absolute Gasteiger partial charge is 0.513 e. The molecule has 1 unspecified atom stereocenters. The molecule has 158 valence electrons. The Morgan fingerprint density at radius 3 is 2.63 bits per heavy atom. The summed E-state index contributed by atoms with van der Waals surface area (Å²) in [5.41, 5.74) is 1.76. The van der Waals surface area contributed by atoms with Crippen molar-refractivity contribution in [2.24, 2.45) is 4.99 Å². The molecule has 8 nitrogen and oxygen atoms in total. The molecule has 9 heteroatoms. The molecule has 0 aliphatic carbocycles. The Morgan fingerprint density at radius 1 is 1.27 bits per heavy atom. The van der Waals surface area contributed by atoms with E-state index in [-0.39, 0.29) is 18.3 Å². The predicted molar refractivity (Wildman–Crippen MR) is 112 cm³/mol. The van der Waals surface area contributed by atoms with Crippen molar-refractivity contribution in [2.45, 2.75) is 33.7 Å². The maximum atomic E-state index is 12.5. The van der Waals surface area contributed by atoms with E-state index in [4.69, 9.17) is 19.2 Å². The standard InChI is InChI=1S/C21H23N3O5S/c1-6-28-21(26)29-19-12(2)24(14(4)25)20(17-11-30-13(3)22-17)23-18(19)15-8-7-9-16(10-15)27-5/h7-11,18H,6H2,1-5H3. The summed E-state index contributed by atoms with van der Waals surface area (Å²) in [7, 11) is 1.57. The van der Waals surface area contributed by atoms with E-state index in [1.54, 1.807) is 21.0 Å². The molecule has 2 heterocycles. The Kier molecular flexibility index (Phi) is 6.51. The molecule has 2 aromatic rings. The second-order valence-corrected chi connectivity index (χ2v) is 7.54. The lowest BCUT2D eigenvalue weighted by Gasteiger charge is -2.32. The average molecular weight is 429 g/mol. The number of aliphatic imine (C=N–C) groups is 1. The highest BCUT2D eigenvalue weighted by Gasteiger charge is 2.35. The van der Waals surface area contributed by atoms with Gasteiger partial charge in [-0.15, -0.1) is 11.3 Å². The molecule has 1 atom stereocenters. The molecule has 0 saturated carbocycles. The van der Waals surface area contributed by atoms with E-state index in [1.807, 2.05) is 36.6 Å². The Bertz CT molecular complexity index is 1030. The van der Waals surface area contributed by atoms with E-state index >= 15 is 0 Å². The van der Waals surface area contributed by atoms with E-state index in [2.05, 4.69) is 4.98 Å². The molecule has 1 aliphatic heterocycles. The van der Waals surface area contributed by atoms with Crippen molar-refractivity contribution >= 4 is 29.2 Å². The van der Waals surface area contributed by atoms with Crippen molar-refractivity contribution in [3.63, 3.8) is 0 Å². The zero-order valence-electron chi connectivity index (χ0n) is 17.5. The van der Waals surface area contributed by atoms with E-state index in [0.29, 0.717) is 23.0 Å². The first kappa shape index (κ1) is 21.5. The molecular weight excluding hydrogens is 406 g/mol. The van der Waals surface area contributed by atoms with E-state index in [0.717, 1.165) is 10.6 Å². The van der Waals surface area contributed by atoms with Crippen LogP contribution in [0.5, 0.6) is 5.75 Å². The van der Waals surface area contributed by atoms with Crippen molar-refractivity contribution < 1.29 is 23.8 Å². The number of carbonyl (C=O) groups excluding carboxylic acids is 2. The van der Waals surface area contributed by atoms with Gasteiger partial charge in [-0.2, -0.15) is 0 Å². The number of aromatic nitrogens is 1. The summed E-state index contributed by atoms with van der Waals surface area (Å²) >= 11 is 1.46. The van der Waals surface area contributed by atoms with Crippen molar-refractivity contribution in [3.8, 4) is 5.75 Å². The number of hydrogen-bond donors (Lipinski definition) is 0. The minimum Gasteiger partial charge on any atom is -0.497 e. The van der Waals surface area contributed by atoms with Crippen LogP contribution in [-0.2, 0) is 14.3 Å². The number of methoxy groups -OCH3 is 1. The third-order valence-corrected chi connectivity index (χ3v) is 5.21. The number of benzene rings is 1. The first-order chi connectivity index (χ1) is 14.3. The van der Waals surface area contributed by atoms with Crippen LogP contribution in [0, 0.1) is 6.92 Å². The van der Waals surface area contributed by atoms with Gasteiger partial charge in [0.25, 0.3) is 0 Å². The minimum absolute atomic E-state index is 0.165. The topological polar surface area (TPSA) is 90.3 Å². The second-order valence-electron chi connectivity index (χ2n) is 6.47. The minimum atomic E-state index is -0.855. The fourth-order valence-corrected chi connectivity index (χ4v) is 3.73.